The Morgan fingerprint density at radius 3 is 2.95 bits per heavy atom. The van der Waals surface area contributed by atoms with Crippen molar-refractivity contribution < 1.29 is 0 Å². The molecule has 1 unspecified atom stereocenters. The molecule has 2 heterocycles. The third-order valence-electron chi connectivity index (χ3n) is 2.99. The Morgan fingerprint density at radius 2 is 2.30 bits per heavy atom. The third kappa shape index (κ3) is 2.49. The zero-order valence-electron chi connectivity index (χ0n) is 10.6. The van der Waals surface area contributed by atoms with Gasteiger partial charge in [-0.1, -0.05) is 22.9 Å². The highest BCUT2D eigenvalue weighted by molar-refractivity contribution is 7.07. The van der Waals surface area contributed by atoms with Gasteiger partial charge in [0, 0.05) is 16.1 Å². The zero-order chi connectivity index (χ0) is 14.3. The van der Waals surface area contributed by atoms with Crippen LogP contribution in [-0.4, -0.2) is 14.5 Å². The van der Waals surface area contributed by atoms with Gasteiger partial charge in [-0.25, -0.2) is 4.98 Å². The van der Waals surface area contributed by atoms with Gasteiger partial charge in [-0.15, -0.1) is 11.6 Å². The molecule has 3 rings (SSSR count). The molecular formula is C13H11Cl2N3OS. The van der Waals surface area contributed by atoms with E-state index in [1.54, 1.807) is 0 Å². The fourth-order valence-electron chi connectivity index (χ4n) is 2.15. The van der Waals surface area contributed by atoms with Crippen molar-refractivity contribution in [2.24, 2.45) is 0 Å². The predicted molar refractivity (Wildman–Crippen MR) is 83.1 cm³/mol. The molecule has 0 bridgehead atoms. The number of hydrogen-bond donors (Lipinski definition) is 1. The molecule has 0 aliphatic rings. The molecule has 7 heteroatoms. The molecule has 20 heavy (non-hydrogen) atoms. The second kappa shape index (κ2) is 5.24. The molecule has 104 valence electrons. The van der Waals surface area contributed by atoms with Crippen molar-refractivity contribution in [3.8, 4) is 0 Å². The van der Waals surface area contributed by atoms with Gasteiger partial charge < -0.3 is 9.55 Å². The van der Waals surface area contributed by atoms with E-state index in [0.29, 0.717) is 11.6 Å². The van der Waals surface area contributed by atoms with E-state index in [-0.39, 0.29) is 10.3 Å². The molecule has 1 N–H and O–H groups in total. The summed E-state index contributed by atoms with van der Waals surface area (Å²) in [4.78, 5) is 18.5. The summed E-state index contributed by atoms with van der Waals surface area (Å²) in [5, 5.41) is 2.22. The lowest BCUT2D eigenvalue weighted by Crippen LogP contribution is -2.07. The maximum absolute atomic E-state index is 11.2. The molecule has 4 nitrogen and oxygen atoms in total. The summed E-state index contributed by atoms with van der Waals surface area (Å²) in [5.41, 5.74) is 2.59. The Kier molecular flexibility index (Phi) is 3.58. The number of aromatic amines is 1. The van der Waals surface area contributed by atoms with Gasteiger partial charge in [-0.3, -0.25) is 4.79 Å². The highest BCUT2D eigenvalue weighted by atomic mass is 35.5. The molecular weight excluding hydrogens is 317 g/mol. The molecule has 1 atom stereocenters. The first kappa shape index (κ1) is 13.7. The quantitative estimate of drug-likeness (QED) is 0.744. The number of halogens is 2. The number of H-pyrrole nitrogens is 1. The number of aromatic nitrogens is 3. The van der Waals surface area contributed by atoms with Crippen LogP contribution in [0.4, 0.5) is 0 Å². The van der Waals surface area contributed by atoms with Crippen LogP contribution in [0, 0.1) is 0 Å². The SMILES string of the molecule is CC(Cl)c1nc2cc(Cl)ccc2n1Cc1csc(=O)[nH]1. The van der Waals surface area contributed by atoms with E-state index >= 15 is 0 Å². The highest BCUT2D eigenvalue weighted by Crippen LogP contribution is 2.27. The monoisotopic (exact) mass is 327 g/mol. The third-order valence-corrected chi connectivity index (χ3v) is 4.14. The standard InChI is InChI=1S/C13H11Cl2N3OS/c1-7(14)12-17-10-4-8(15)2-3-11(10)18(12)5-9-6-20-13(19)16-9/h2-4,6-7H,5H2,1H3,(H,16,19). The van der Waals surface area contributed by atoms with Gasteiger partial charge in [0.1, 0.15) is 5.82 Å². The van der Waals surface area contributed by atoms with Gasteiger partial charge in [-0.05, 0) is 25.1 Å². The molecule has 2 aromatic heterocycles. The van der Waals surface area contributed by atoms with E-state index in [9.17, 15) is 4.79 Å². The number of benzene rings is 1. The molecule has 0 radical (unpaired) electrons. The predicted octanol–water partition coefficient (Wildman–Crippen LogP) is 3.79. The molecule has 3 aromatic rings. The molecule has 0 spiro atoms. The van der Waals surface area contributed by atoms with Crippen LogP contribution in [0.5, 0.6) is 0 Å². The summed E-state index contributed by atoms with van der Waals surface area (Å²) >= 11 is 13.4. The minimum Gasteiger partial charge on any atom is -0.321 e. The van der Waals surface area contributed by atoms with Gasteiger partial charge in [0.05, 0.1) is 23.0 Å². The van der Waals surface area contributed by atoms with Gasteiger partial charge in [-0.2, -0.15) is 0 Å². The van der Waals surface area contributed by atoms with E-state index in [1.807, 2.05) is 35.1 Å². The van der Waals surface area contributed by atoms with Crippen LogP contribution in [0.3, 0.4) is 0 Å². The molecule has 1 aromatic carbocycles. The van der Waals surface area contributed by atoms with Crippen molar-refractivity contribution in [3.05, 3.63) is 49.8 Å². The second-order valence-electron chi connectivity index (χ2n) is 4.48. The van der Waals surface area contributed by atoms with E-state index in [4.69, 9.17) is 23.2 Å². The van der Waals surface area contributed by atoms with Crippen LogP contribution >= 0.6 is 34.5 Å². The minimum atomic E-state index is -0.230. The van der Waals surface area contributed by atoms with Crippen LogP contribution in [-0.2, 0) is 6.54 Å². The lowest BCUT2D eigenvalue weighted by atomic mass is 10.3. The summed E-state index contributed by atoms with van der Waals surface area (Å²) in [6.45, 7) is 2.40. The van der Waals surface area contributed by atoms with Crippen LogP contribution in [0.15, 0.2) is 28.4 Å². The lowest BCUT2D eigenvalue weighted by molar-refractivity contribution is 0.729. The van der Waals surface area contributed by atoms with Gasteiger partial charge in [0.15, 0.2) is 0 Å². The molecule has 0 saturated carbocycles. The molecule has 0 aliphatic carbocycles. The topological polar surface area (TPSA) is 50.7 Å². The summed E-state index contributed by atoms with van der Waals surface area (Å²) < 4.78 is 2.00. The summed E-state index contributed by atoms with van der Waals surface area (Å²) in [7, 11) is 0. The van der Waals surface area contributed by atoms with E-state index in [1.165, 1.54) is 0 Å². The number of imidazole rings is 1. The fraction of sp³-hybridized carbons (Fsp3) is 0.231. The fourth-order valence-corrected chi connectivity index (χ4v) is 3.06. The molecule has 0 aliphatic heterocycles. The Labute approximate surface area is 129 Å². The van der Waals surface area contributed by atoms with Crippen LogP contribution < -0.4 is 4.87 Å². The average molecular weight is 328 g/mol. The maximum atomic E-state index is 11.2. The van der Waals surface area contributed by atoms with Gasteiger partial charge in [0.2, 0.25) is 0 Å². The Balaban J connectivity index is 2.15. The van der Waals surface area contributed by atoms with Crippen molar-refractivity contribution in [3.63, 3.8) is 0 Å². The van der Waals surface area contributed by atoms with Crippen molar-refractivity contribution in [1.82, 2.24) is 14.5 Å². The van der Waals surface area contributed by atoms with Crippen molar-refractivity contribution >= 4 is 45.6 Å². The van der Waals surface area contributed by atoms with Gasteiger partial charge >= 0.3 is 4.87 Å². The number of fused-ring (bicyclic) bond motifs is 1. The van der Waals surface area contributed by atoms with Crippen molar-refractivity contribution in [1.29, 1.82) is 0 Å². The normalized spacial score (nSPS) is 12.9. The van der Waals surface area contributed by atoms with E-state index < -0.39 is 0 Å². The molecule has 0 amide bonds. The van der Waals surface area contributed by atoms with Crippen molar-refractivity contribution in [2.75, 3.05) is 0 Å². The highest BCUT2D eigenvalue weighted by Gasteiger charge is 2.16. The molecule has 0 saturated heterocycles. The summed E-state index contributed by atoms with van der Waals surface area (Å²) in [6.07, 6.45) is 0. The Morgan fingerprint density at radius 1 is 1.50 bits per heavy atom. The lowest BCUT2D eigenvalue weighted by Gasteiger charge is -2.09. The van der Waals surface area contributed by atoms with Crippen molar-refractivity contribution in [2.45, 2.75) is 18.8 Å². The number of rotatable bonds is 3. The maximum Gasteiger partial charge on any atom is 0.304 e. The largest absolute Gasteiger partial charge is 0.321 e. The van der Waals surface area contributed by atoms with E-state index in [0.717, 1.165) is 33.9 Å². The summed E-state index contributed by atoms with van der Waals surface area (Å²) in [6, 6.07) is 5.55. The number of thiazole rings is 1. The number of nitrogens with one attached hydrogen (secondary N) is 1. The smallest absolute Gasteiger partial charge is 0.304 e. The number of nitrogens with zero attached hydrogens (tertiary/aromatic N) is 2. The first-order valence-electron chi connectivity index (χ1n) is 6.01. The van der Waals surface area contributed by atoms with Gasteiger partial charge in [0.25, 0.3) is 0 Å². The van der Waals surface area contributed by atoms with Crippen LogP contribution in [0.2, 0.25) is 5.02 Å². The first-order chi connectivity index (χ1) is 9.54. The Bertz CT molecular complexity index is 818. The van der Waals surface area contributed by atoms with Crippen LogP contribution in [0.25, 0.3) is 11.0 Å². The summed E-state index contributed by atoms with van der Waals surface area (Å²) in [5.74, 6) is 0.760. The average Bonchev–Trinajstić information content (AvgIpc) is 2.94. The van der Waals surface area contributed by atoms with Crippen LogP contribution in [0.1, 0.15) is 23.8 Å². The van der Waals surface area contributed by atoms with E-state index in [2.05, 4.69) is 9.97 Å². The molecule has 0 fully saturated rings. The zero-order valence-corrected chi connectivity index (χ0v) is 12.9. The Hall–Kier alpha value is -1.30. The first-order valence-corrected chi connectivity index (χ1v) is 7.70. The minimum absolute atomic E-state index is 0.0621. The second-order valence-corrected chi connectivity index (χ2v) is 6.41. The number of hydrogen-bond acceptors (Lipinski definition) is 3. The number of alkyl halides is 1.